The molecule has 1 aromatic rings. The van der Waals surface area contributed by atoms with Crippen molar-refractivity contribution in [3.8, 4) is 0 Å². The Morgan fingerprint density at radius 2 is 2.42 bits per heavy atom. The number of benzene rings is 1. The van der Waals surface area contributed by atoms with E-state index in [2.05, 4.69) is 22.0 Å². The average Bonchev–Trinajstić information content (AvgIpc) is 2.05. The van der Waals surface area contributed by atoms with Gasteiger partial charge in [0.1, 0.15) is 0 Å². The Morgan fingerprint density at radius 1 is 1.67 bits per heavy atom. The van der Waals surface area contributed by atoms with Crippen LogP contribution in [-0.2, 0) is 6.42 Å². The Hall–Kier alpha value is -0.900. The van der Waals surface area contributed by atoms with E-state index in [1.807, 2.05) is 6.07 Å². The number of aryl methyl sites for hydroxylation is 1. The topological polar surface area (TPSA) is 43.1 Å². The summed E-state index contributed by atoms with van der Waals surface area (Å²) in [6, 6.07) is 7.50. The number of rotatable bonds is 3. The predicted molar refractivity (Wildman–Crippen MR) is 49.4 cm³/mol. The highest BCUT2D eigenvalue weighted by Gasteiger charge is 2.04. The Morgan fingerprint density at radius 3 is 3.00 bits per heavy atom. The van der Waals surface area contributed by atoms with E-state index in [0.717, 1.165) is 17.3 Å². The number of hydrogen-bond donors (Lipinski definition) is 0. The fourth-order valence-corrected chi connectivity index (χ4v) is 1.33. The van der Waals surface area contributed by atoms with Crippen molar-refractivity contribution in [2.45, 2.75) is 6.42 Å². The maximum absolute atomic E-state index is 10.3. The van der Waals surface area contributed by atoms with Crippen LogP contribution in [0.1, 0.15) is 5.56 Å². The van der Waals surface area contributed by atoms with Gasteiger partial charge < -0.3 is 0 Å². The minimum atomic E-state index is -0.433. The highest BCUT2D eigenvalue weighted by atomic mass is 79.9. The molecule has 0 unspecified atom stereocenters. The minimum Gasteiger partial charge on any atom is -0.258 e. The first kappa shape index (κ1) is 9.19. The molecule has 0 atom stereocenters. The van der Waals surface area contributed by atoms with Crippen LogP contribution in [0.25, 0.3) is 0 Å². The molecule has 63 valence electrons. The molecule has 1 aromatic carbocycles. The van der Waals surface area contributed by atoms with Crippen LogP contribution in [0.15, 0.2) is 18.2 Å². The molecule has 0 spiro atoms. The molecule has 0 aromatic heterocycles. The molecule has 0 aliphatic heterocycles. The van der Waals surface area contributed by atoms with Crippen LogP contribution in [0.3, 0.4) is 0 Å². The Bertz CT molecular complexity index is 288. The molecule has 4 heteroatoms. The lowest BCUT2D eigenvalue weighted by atomic mass is 10.1. The van der Waals surface area contributed by atoms with Crippen molar-refractivity contribution in [3.63, 3.8) is 0 Å². The van der Waals surface area contributed by atoms with Crippen molar-refractivity contribution in [3.05, 3.63) is 39.9 Å². The van der Waals surface area contributed by atoms with Crippen LogP contribution in [0, 0.1) is 16.2 Å². The van der Waals surface area contributed by atoms with Crippen molar-refractivity contribution in [2.24, 2.45) is 0 Å². The molecule has 0 heterocycles. The lowest BCUT2D eigenvalue weighted by Gasteiger charge is -1.95. The van der Waals surface area contributed by atoms with Gasteiger partial charge in [-0.3, -0.25) is 10.1 Å². The molecule has 3 nitrogen and oxygen atoms in total. The molecule has 12 heavy (non-hydrogen) atoms. The number of nitro groups is 1. The van der Waals surface area contributed by atoms with Crippen LogP contribution >= 0.6 is 15.9 Å². The van der Waals surface area contributed by atoms with Crippen LogP contribution in [0.4, 0.5) is 5.69 Å². The molecule has 0 saturated heterocycles. The van der Waals surface area contributed by atoms with E-state index in [1.165, 1.54) is 0 Å². The number of halogens is 1. The molecule has 0 bridgehead atoms. The maximum atomic E-state index is 10.3. The summed E-state index contributed by atoms with van der Waals surface area (Å²) < 4.78 is 0. The van der Waals surface area contributed by atoms with Gasteiger partial charge in [-0.2, -0.15) is 0 Å². The number of alkyl halides is 1. The molecule has 0 amide bonds. The molecule has 0 aliphatic rings. The first-order chi connectivity index (χ1) is 5.74. The van der Waals surface area contributed by atoms with E-state index in [4.69, 9.17) is 0 Å². The SMILES string of the molecule is O=[N+]([O-])c1[c]ccc(CCBr)c1. The van der Waals surface area contributed by atoms with E-state index in [-0.39, 0.29) is 5.69 Å². The largest absolute Gasteiger partial charge is 0.277 e. The summed E-state index contributed by atoms with van der Waals surface area (Å²) in [5.41, 5.74) is 0.991. The molecule has 1 rings (SSSR count). The van der Waals surface area contributed by atoms with E-state index in [1.54, 1.807) is 12.1 Å². The highest BCUT2D eigenvalue weighted by molar-refractivity contribution is 9.09. The van der Waals surface area contributed by atoms with E-state index in [9.17, 15) is 10.1 Å². The molecular weight excluding hydrogens is 222 g/mol. The Kier molecular flexibility index (Phi) is 3.22. The van der Waals surface area contributed by atoms with Gasteiger partial charge in [0.2, 0.25) is 0 Å². The average molecular weight is 229 g/mol. The molecule has 0 N–H and O–H groups in total. The van der Waals surface area contributed by atoms with Crippen molar-refractivity contribution in [1.82, 2.24) is 0 Å². The highest BCUT2D eigenvalue weighted by Crippen LogP contribution is 2.12. The quantitative estimate of drug-likeness (QED) is 0.453. The molecule has 0 saturated carbocycles. The summed E-state index contributed by atoms with van der Waals surface area (Å²) in [5.74, 6) is 0. The summed E-state index contributed by atoms with van der Waals surface area (Å²) >= 11 is 3.27. The number of hydrogen-bond acceptors (Lipinski definition) is 2. The Balaban J connectivity index is 2.88. The maximum Gasteiger partial charge on any atom is 0.277 e. The fraction of sp³-hybridized carbons (Fsp3) is 0.250. The van der Waals surface area contributed by atoms with Gasteiger partial charge in [-0.15, -0.1) is 0 Å². The van der Waals surface area contributed by atoms with Gasteiger partial charge in [0.15, 0.2) is 0 Å². The number of nitro benzene ring substituents is 1. The summed E-state index contributed by atoms with van der Waals surface area (Å²) in [5, 5.41) is 11.1. The van der Waals surface area contributed by atoms with Gasteiger partial charge in [0.05, 0.1) is 11.0 Å². The smallest absolute Gasteiger partial charge is 0.258 e. The standard InChI is InChI=1S/C8H7BrNO2/c9-5-4-7-2-1-3-8(6-7)10(11)12/h1-2,6H,4-5H2. The van der Waals surface area contributed by atoms with Gasteiger partial charge in [-0.25, -0.2) is 0 Å². The monoisotopic (exact) mass is 228 g/mol. The van der Waals surface area contributed by atoms with Crippen molar-refractivity contribution in [2.75, 3.05) is 5.33 Å². The lowest BCUT2D eigenvalue weighted by molar-refractivity contribution is -0.385. The molecule has 1 radical (unpaired) electrons. The zero-order valence-electron chi connectivity index (χ0n) is 6.29. The summed E-state index contributed by atoms with van der Waals surface area (Å²) in [7, 11) is 0. The van der Waals surface area contributed by atoms with Crippen LogP contribution in [0.5, 0.6) is 0 Å². The third-order valence-corrected chi connectivity index (χ3v) is 1.83. The van der Waals surface area contributed by atoms with Crippen molar-refractivity contribution >= 4 is 21.6 Å². The van der Waals surface area contributed by atoms with Gasteiger partial charge in [-0.05, 0) is 18.1 Å². The third kappa shape index (κ3) is 2.30. The van der Waals surface area contributed by atoms with E-state index >= 15 is 0 Å². The zero-order valence-corrected chi connectivity index (χ0v) is 7.87. The van der Waals surface area contributed by atoms with Crippen LogP contribution in [-0.4, -0.2) is 10.3 Å². The van der Waals surface area contributed by atoms with Crippen molar-refractivity contribution in [1.29, 1.82) is 0 Å². The number of non-ortho nitro benzene ring substituents is 1. The van der Waals surface area contributed by atoms with Gasteiger partial charge in [-0.1, -0.05) is 22.0 Å². The zero-order chi connectivity index (χ0) is 8.97. The lowest BCUT2D eigenvalue weighted by Crippen LogP contribution is -1.91. The van der Waals surface area contributed by atoms with Crippen LogP contribution < -0.4 is 0 Å². The normalized spacial score (nSPS) is 9.75. The minimum absolute atomic E-state index is 0.0356. The predicted octanol–water partition coefficient (Wildman–Crippen LogP) is 2.33. The summed E-state index contributed by atoms with van der Waals surface area (Å²) in [6.45, 7) is 0. The second-order valence-electron chi connectivity index (χ2n) is 2.28. The van der Waals surface area contributed by atoms with E-state index in [0.29, 0.717) is 0 Å². The summed E-state index contributed by atoms with van der Waals surface area (Å²) in [4.78, 5) is 9.89. The van der Waals surface area contributed by atoms with Gasteiger partial charge >= 0.3 is 0 Å². The summed E-state index contributed by atoms with van der Waals surface area (Å²) in [6.07, 6.45) is 0.801. The second-order valence-corrected chi connectivity index (χ2v) is 3.07. The van der Waals surface area contributed by atoms with Crippen molar-refractivity contribution < 1.29 is 4.92 Å². The first-order valence-electron chi connectivity index (χ1n) is 3.45. The fourth-order valence-electron chi connectivity index (χ4n) is 0.869. The first-order valence-corrected chi connectivity index (χ1v) is 4.57. The van der Waals surface area contributed by atoms with E-state index < -0.39 is 4.92 Å². The second kappa shape index (κ2) is 4.21. The molecule has 0 fully saturated rings. The molecule has 0 aliphatic carbocycles. The number of nitrogens with zero attached hydrogens (tertiary/aromatic N) is 1. The van der Waals surface area contributed by atoms with Gasteiger partial charge in [0, 0.05) is 11.4 Å². The van der Waals surface area contributed by atoms with Crippen LogP contribution in [0.2, 0.25) is 0 Å². The molecular formula is C8H7BrNO2. The Labute approximate surface area is 78.7 Å². The third-order valence-electron chi connectivity index (χ3n) is 1.43. The van der Waals surface area contributed by atoms with Gasteiger partial charge in [0.25, 0.3) is 5.69 Å².